The molecule has 88 valence electrons. The van der Waals surface area contributed by atoms with Gasteiger partial charge in [0.05, 0.1) is 10.7 Å². The van der Waals surface area contributed by atoms with E-state index in [1.165, 1.54) is 0 Å². The van der Waals surface area contributed by atoms with Crippen LogP contribution in [-0.4, -0.2) is 4.98 Å². The van der Waals surface area contributed by atoms with Crippen molar-refractivity contribution in [2.24, 2.45) is 0 Å². The number of nitrogens with zero attached hydrogens (tertiary/aromatic N) is 1. The average molecular weight is 268 g/mol. The molecular formula is C12H11Cl2N3. The first-order chi connectivity index (χ1) is 8.16. The molecule has 0 saturated heterocycles. The lowest BCUT2D eigenvalue weighted by molar-refractivity contribution is 1.11. The number of hydrogen-bond donors (Lipinski definition) is 2. The van der Waals surface area contributed by atoms with E-state index in [2.05, 4.69) is 10.3 Å². The van der Waals surface area contributed by atoms with Gasteiger partial charge in [0, 0.05) is 17.8 Å². The Balaban J connectivity index is 2.07. The van der Waals surface area contributed by atoms with E-state index in [1.54, 1.807) is 12.3 Å². The smallest absolute Gasteiger partial charge is 0.150 e. The van der Waals surface area contributed by atoms with Crippen LogP contribution in [0.5, 0.6) is 0 Å². The summed E-state index contributed by atoms with van der Waals surface area (Å²) in [6, 6.07) is 9.22. The molecule has 0 aliphatic carbocycles. The van der Waals surface area contributed by atoms with Crippen LogP contribution in [0.3, 0.4) is 0 Å². The molecule has 3 N–H and O–H groups in total. The summed E-state index contributed by atoms with van der Waals surface area (Å²) in [5.41, 5.74) is 7.35. The van der Waals surface area contributed by atoms with Crippen LogP contribution in [0.25, 0.3) is 0 Å². The predicted octanol–water partition coefficient (Wildman–Crippen LogP) is 3.58. The Hall–Kier alpha value is -1.45. The molecule has 0 spiro atoms. The van der Waals surface area contributed by atoms with Crippen molar-refractivity contribution in [1.82, 2.24) is 4.98 Å². The molecule has 0 amide bonds. The zero-order chi connectivity index (χ0) is 12.3. The quantitative estimate of drug-likeness (QED) is 0.894. The monoisotopic (exact) mass is 267 g/mol. The third-order valence-electron chi connectivity index (χ3n) is 2.31. The highest BCUT2D eigenvalue weighted by molar-refractivity contribution is 6.33. The molecule has 2 aromatic rings. The molecule has 1 aromatic carbocycles. The third kappa shape index (κ3) is 3.02. The molecule has 0 bridgehead atoms. The van der Waals surface area contributed by atoms with Gasteiger partial charge in [-0.1, -0.05) is 35.3 Å². The number of pyridine rings is 1. The van der Waals surface area contributed by atoms with Gasteiger partial charge in [0.2, 0.25) is 0 Å². The molecular weight excluding hydrogens is 257 g/mol. The summed E-state index contributed by atoms with van der Waals surface area (Å²) >= 11 is 11.7. The van der Waals surface area contributed by atoms with E-state index < -0.39 is 0 Å². The molecule has 0 radical (unpaired) electrons. The van der Waals surface area contributed by atoms with Crippen LogP contribution in [0.15, 0.2) is 36.5 Å². The second-order valence-electron chi connectivity index (χ2n) is 3.54. The summed E-state index contributed by atoms with van der Waals surface area (Å²) in [6.07, 6.45) is 1.61. The van der Waals surface area contributed by atoms with Crippen LogP contribution in [-0.2, 0) is 6.54 Å². The van der Waals surface area contributed by atoms with E-state index >= 15 is 0 Å². The molecule has 0 aliphatic heterocycles. The summed E-state index contributed by atoms with van der Waals surface area (Å²) in [5.74, 6) is 0.590. The number of benzene rings is 1. The lowest BCUT2D eigenvalue weighted by Crippen LogP contribution is -2.04. The van der Waals surface area contributed by atoms with Crippen molar-refractivity contribution in [2.75, 3.05) is 11.1 Å². The van der Waals surface area contributed by atoms with Crippen molar-refractivity contribution in [3.63, 3.8) is 0 Å². The molecule has 0 aliphatic rings. The second-order valence-corrected chi connectivity index (χ2v) is 4.38. The minimum Gasteiger partial charge on any atom is -0.395 e. The van der Waals surface area contributed by atoms with Crippen molar-refractivity contribution in [1.29, 1.82) is 0 Å². The maximum Gasteiger partial charge on any atom is 0.150 e. The summed E-state index contributed by atoms with van der Waals surface area (Å²) in [7, 11) is 0. The molecule has 0 saturated carbocycles. The minimum atomic E-state index is 0.461. The highest BCUT2D eigenvalue weighted by atomic mass is 35.5. The lowest BCUT2D eigenvalue weighted by atomic mass is 10.2. The van der Waals surface area contributed by atoms with Crippen molar-refractivity contribution in [2.45, 2.75) is 6.54 Å². The number of halogens is 2. The fourth-order valence-corrected chi connectivity index (χ4v) is 1.65. The Labute approximate surface area is 110 Å². The Kier molecular flexibility index (Phi) is 3.71. The topological polar surface area (TPSA) is 50.9 Å². The molecule has 0 atom stereocenters. The fraction of sp³-hybridized carbons (Fsp3) is 0.0833. The second kappa shape index (κ2) is 5.25. The van der Waals surface area contributed by atoms with Gasteiger partial charge < -0.3 is 11.1 Å². The number of aromatic nitrogens is 1. The molecule has 2 rings (SSSR count). The van der Waals surface area contributed by atoms with E-state index in [4.69, 9.17) is 28.9 Å². The summed E-state index contributed by atoms with van der Waals surface area (Å²) in [5, 5.41) is 4.34. The van der Waals surface area contributed by atoms with E-state index in [9.17, 15) is 0 Å². The van der Waals surface area contributed by atoms with Crippen molar-refractivity contribution < 1.29 is 0 Å². The van der Waals surface area contributed by atoms with E-state index in [0.717, 1.165) is 5.56 Å². The molecule has 5 heteroatoms. The number of anilines is 2. The average Bonchev–Trinajstić information content (AvgIpc) is 2.33. The molecule has 1 aromatic heterocycles. The number of nitrogens with one attached hydrogen (secondary N) is 1. The zero-order valence-corrected chi connectivity index (χ0v) is 10.5. The van der Waals surface area contributed by atoms with Crippen LogP contribution in [0.4, 0.5) is 11.5 Å². The van der Waals surface area contributed by atoms with Gasteiger partial charge in [0.25, 0.3) is 0 Å². The van der Waals surface area contributed by atoms with Gasteiger partial charge in [-0.15, -0.1) is 0 Å². The Bertz CT molecular complexity index is 512. The SMILES string of the molecule is Nc1c(Cl)ccnc1NCc1ccc(Cl)cc1. The van der Waals surface area contributed by atoms with Gasteiger partial charge in [0.1, 0.15) is 0 Å². The maximum absolute atomic E-state index is 5.89. The van der Waals surface area contributed by atoms with E-state index in [1.807, 2.05) is 24.3 Å². The van der Waals surface area contributed by atoms with Gasteiger partial charge >= 0.3 is 0 Å². The standard InChI is InChI=1S/C12H11Cl2N3/c13-9-3-1-8(2-4-9)7-17-12-11(15)10(14)5-6-16-12/h1-6H,7,15H2,(H,16,17). The first kappa shape index (κ1) is 12.0. The molecule has 3 nitrogen and oxygen atoms in total. The van der Waals surface area contributed by atoms with Gasteiger partial charge in [-0.05, 0) is 23.8 Å². The Morgan fingerprint density at radius 3 is 2.53 bits per heavy atom. The summed E-state index contributed by atoms with van der Waals surface area (Å²) in [4.78, 5) is 4.13. The summed E-state index contributed by atoms with van der Waals surface area (Å²) < 4.78 is 0. The maximum atomic E-state index is 5.89. The van der Waals surface area contributed by atoms with Gasteiger partial charge in [-0.2, -0.15) is 0 Å². The lowest BCUT2D eigenvalue weighted by Gasteiger charge is -2.09. The normalized spacial score (nSPS) is 10.2. The molecule has 17 heavy (non-hydrogen) atoms. The van der Waals surface area contributed by atoms with Gasteiger partial charge in [0.15, 0.2) is 5.82 Å². The van der Waals surface area contributed by atoms with Crippen LogP contribution >= 0.6 is 23.2 Å². The Morgan fingerprint density at radius 2 is 1.82 bits per heavy atom. The first-order valence-corrected chi connectivity index (χ1v) is 5.80. The largest absolute Gasteiger partial charge is 0.395 e. The number of hydrogen-bond acceptors (Lipinski definition) is 3. The van der Waals surface area contributed by atoms with E-state index in [0.29, 0.717) is 28.1 Å². The van der Waals surface area contributed by atoms with E-state index in [-0.39, 0.29) is 0 Å². The summed E-state index contributed by atoms with van der Waals surface area (Å²) in [6.45, 7) is 0.620. The zero-order valence-electron chi connectivity index (χ0n) is 8.95. The molecule has 0 unspecified atom stereocenters. The van der Waals surface area contributed by atoms with Crippen LogP contribution in [0.1, 0.15) is 5.56 Å². The van der Waals surface area contributed by atoms with Crippen LogP contribution < -0.4 is 11.1 Å². The Morgan fingerprint density at radius 1 is 1.12 bits per heavy atom. The van der Waals surface area contributed by atoms with Crippen LogP contribution in [0.2, 0.25) is 10.0 Å². The molecule has 0 fully saturated rings. The van der Waals surface area contributed by atoms with Gasteiger partial charge in [-0.25, -0.2) is 4.98 Å². The number of rotatable bonds is 3. The third-order valence-corrected chi connectivity index (χ3v) is 2.89. The van der Waals surface area contributed by atoms with Crippen molar-refractivity contribution in [3.8, 4) is 0 Å². The predicted molar refractivity (Wildman–Crippen MR) is 72.4 cm³/mol. The highest BCUT2D eigenvalue weighted by Crippen LogP contribution is 2.24. The van der Waals surface area contributed by atoms with Crippen molar-refractivity contribution >= 4 is 34.7 Å². The molecule has 1 heterocycles. The first-order valence-electron chi connectivity index (χ1n) is 5.05. The number of nitrogens with two attached hydrogens (primary N) is 1. The van der Waals surface area contributed by atoms with Gasteiger partial charge in [-0.3, -0.25) is 0 Å². The fourth-order valence-electron chi connectivity index (χ4n) is 1.38. The highest BCUT2D eigenvalue weighted by Gasteiger charge is 2.03. The number of nitrogen functional groups attached to an aromatic ring is 1. The minimum absolute atomic E-state index is 0.461. The van der Waals surface area contributed by atoms with Crippen LogP contribution in [0, 0.1) is 0 Å². The van der Waals surface area contributed by atoms with Crippen molar-refractivity contribution in [3.05, 3.63) is 52.1 Å².